The lowest BCUT2D eigenvalue weighted by molar-refractivity contribution is 0.169. The molecular formula is C10H16N2O. The predicted octanol–water partition coefficient (Wildman–Crippen LogP) is 1.37. The molecular weight excluding hydrogens is 164 g/mol. The van der Waals surface area contributed by atoms with Crippen LogP contribution in [0.2, 0.25) is 0 Å². The van der Waals surface area contributed by atoms with Gasteiger partial charge in [0.2, 0.25) is 0 Å². The third kappa shape index (κ3) is 1.76. The fourth-order valence-electron chi connectivity index (χ4n) is 2.07. The van der Waals surface area contributed by atoms with Gasteiger partial charge in [-0.15, -0.1) is 0 Å². The highest BCUT2D eigenvalue weighted by Crippen LogP contribution is 2.28. The van der Waals surface area contributed by atoms with Crippen molar-refractivity contribution in [3.05, 3.63) is 24.2 Å². The van der Waals surface area contributed by atoms with Crippen LogP contribution in [0.5, 0.6) is 0 Å². The monoisotopic (exact) mass is 180 g/mol. The van der Waals surface area contributed by atoms with Gasteiger partial charge in [-0.25, -0.2) is 0 Å². The molecule has 0 spiro atoms. The summed E-state index contributed by atoms with van der Waals surface area (Å²) in [6.45, 7) is 0.982. The van der Waals surface area contributed by atoms with Gasteiger partial charge in [0.25, 0.3) is 0 Å². The Labute approximate surface area is 78.5 Å². The van der Waals surface area contributed by atoms with E-state index in [0.717, 1.165) is 19.4 Å². The molecule has 0 aliphatic carbocycles. The van der Waals surface area contributed by atoms with E-state index in [1.54, 1.807) is 6.26 Å². The van der Waals surface area contributed by atoms with E-state index < -0.39 is 0 Å². The molecule has 1 saturated heterocycles. The molecule has 3 nitrogen and oxygen atoms in total. The quantitative estimate of drug-likeness (QED) is 0.709. The highest BCUT2D eigenvalue weighted by atomic mass is 16.3. The van der Waals surface area contributed by atoms with Crippen LogP contribution in [0.1, 0.15) is 24.4 Å². The maximum Gasteiger partial charge on any atom is 0.0950 e. The summed E-state index contributed by atoms with van der Waals surface area (Å²) < 4.78 is 5.08. The van der Waals surface area contributed by atoms with Crippen LogP contribution in [0.3, 0.4) is 0 Å². The van der Waals surface area contributed by atoms with Crippen molar-refractivity contribution in [1.29, 1.82) is 0 Å². The average Bonchev–Trinajstić information content (AvgIpc) is 2.56. The smallest absolute Gasteiger partial charge is 0.0950 e. The molecule has 2 N–H and O–H groups in total. The molecule has 2 heterocycles. The lowest BCUT2D eigenvalue weighted by atomic mass is 9.95. The molecule has 0 radical (unpaired) electrons. The first-order valence-corrected chi connectivity index (χ1v) is 4.75. The highest BCUT2D eigenvalue weighted by Gasteiger charge is 2.25. The molecule has 1 aromatic heterocycles. The molecule has 1 aromatic rings. The van der Waals surface area contributed by atoms with E-state index in [4.69, 9.17) is 10.2 Å². The largest absolute Gasteiger partial charge is 0.472 e. The second kappa shape index (κ2) is 3.52. The van der Waals surface area contributed by atoms with E-state index in [-0.39, 0.29) is 0 Å². The summed E-state index contributed by atoms with van der Waals surface area (Å²) in [5.41, 5.74) is 7.15. The van der Waals surface area contributed by atoms with Crippen molar-refractivity contribution < 1.29 is 4.42 Å². The van der Waals surface area contributed by atoms with Crippen LogP contribution < -0.4 is 5.73 Å². The number of nitrogens with two attached hydrogens (primary N) is 1. The van der Waals surface area contributed by atoms with Gasteiger partial charge in [-0.3, -0.25) is 4.90 Å². The minimum absolute atomic E-state index is 0.341. The molecule has 2 atom stereocenters. The maximum atomic E-state index is 5.88. The van der Waals surface area contributed by atoms with Gasteiger partial charge < -0.3 is 10.2 Å². The van der Waals surface area contributed by atoms with E-state index in [9.17, 15) is 0 Å². The van der Waals surface area contributed by atoms with Gasteiger partial charge >= 0.3 is 0 Å². The van der Waals surface area contributed by atoms with E-state index in [1.807, 2.05) is 12.3 Å². The highest BCUT2D eigenvalue weighted by molar-refractivity contribution is 5.12. The topological polar surface area (TPSA) is 42.4 Å². The predicted molar refractivity (Wildman–Crippen MR) is 51.3 cm³/mol. The van der Waals surface area contributed by atoms with Gasteiger partial charge in [-0.1, -0.05) is 0 Å². The van der Waals surface area contributed by atoms with Crippen molar-refractivity contribution in [1.82, 2.24) is 4.90 Å². The molecule has 72 valence electrons. The fourth-order valence-corrected chi connectivity index (χ4v) is 2.07. The molecule has 1 aliphatic heterocycles. The summed E-state index contributed by atoms with van der Waals surface area (Å²) in [5, 5.41) is 0. The number of hydrogen-bond acceptors (Lipinski definition) is 3. The minimum atomic E-state index is 0.341. The maximum absolute atomic E-state index is 5.88. The fraction of sp³-hybridized carbons (Fsp3) is 0.600. The molecule has 0 bridgehead atoms. The van der Waals surface area contributed by atoms with Crippen LogP contribution in [-0.4, -0.2) is 24.5 Å². The van der Waals surface area contributed by atoms with E-state index >= 15 is 0 Å². The number of likely N-dealkylation sites (tertiary alicyclic amines) is 1. The zero-order valence-corrected chi connectivity index (χ0v) is 7.94. The van der Waals surface area contributed by atoms with Crippen molar-refractivity contribution in [3.63, 3.8) is 0 Å². The Morgan fingerprint density at radius 3 is 3.00 bits per heavy atom. The lowest BCUT2D eigenvalue weighted by Crippen LogP contribution is -2.42. The van der Waals surface area contributed by atoms with Gasteiger partial charge in [0, 0.05) is 24.2 Å². The zero-order chi connectivity index (χ0) is 9.26. The Hall–Kier alpha value is -0.800. The van der Waals surface area contributed by atoms with Gasteiger partial charge in [0.05, 0.1) is 12.5 Å². The number of hydrogen-bond donors (Lipinski definition) is 1. The standard InChI is InChI=1S/C10H16N2O/c1-12-6-9(11)2-3-10(12)8-4-5-13-7-8/h4-5,7,9-10H,2-3,6,11H2,1H3. The van der Waals surface area contributed by atoms with Crippen molar-refractivity contribution in [2.45, 2.75) is 24.9 Å². The first-order valence-electron chi connectivity index (χ1n) is 4.75. The van der Waals surface area contributed by atoms with Crippen molar-refractivity contribution in [3.8, 4) is 0 Å². The number of nitrogens with zero attached hydrogens (tertiary/aromatic N) is 1. The molecule has 0 amide bonds. The Bertz CT molecular complexity index is 258. The normalized spacial score (nSPS) is 30.6. The first kappa shape index (κ1) is 8.78. The summed E-state index contributed by atoms with van der Waals surface area (Å²) in [4.78, 5) is 2.30. The van der Waals surface area contributed by atoms with Crippen molar-refractivity contribution in [2.24, 2.45) is 5.73 Å². The molecule has 0 aromatic carbocycles. The minimum Gasteiger partial charge on any atom is -0.472 e. The summed E-state index contributed by atoms with van der Waals surface area (Å²) >= 11 is 0. The first-order chi connectivity index (χ1) is 6.27. The van der Waals surface area contributed by atoms with Gasteiger partial charge in [-0.2, -0.15) is 0 Å². The molecule has 0 saturated carbocycles. The van der Waals surface area contributed by atoms with Gasteiger partial charge in [0.1, 0.15) is 0 Å². The Morgan fingerprint density at radius 1 is 1.54 bits per heavy atom. The third-order valence-corrected chi connectivity index (χ3v) is 2.79. The third-order valence-electron chi connectivity index (χ3n) is 2.79. The van der Waals surface area contributed by atoms with Crippen LogP contribution in [0.25, 0.3) is 0 Å². The van der Waals surface area contributed by atoms with Gasteiger partial charge in [0.15, 0.2) is 0 Å². The SMILES string of the molecule is CN1CC(N)CCC1c1ccoc1. The molecule has 2 rings (SSSR count). The number of likely N-dealkylation sites (N-methyl/N-ethyl adjacent to an activating group) is 1. The van der Waals surface area contributed by atoms with Crippen molar-refractivity contribution in [2.75, 3.05) is 13.6 Å². The second-order valence-corrected chi connectivity index (χ2v) is 3.85. The Balaban J connectivity index is 2.08. The van der Waals surface area contributed by atoms with Crippen LogP contribution in [-0.2, 0) is 0 Å². The van der Waals surface area contributed by atoms with E-state index in [1.165, 1.54) is 5.56 Å². The van der Waals surface area contributed by atoms with Crippen LogP contribution >= 0.6 is 0 Å². The van der Waals surface area contributed by atoms with Crippen LogP contribution in [0, 0.1) is 0 Å². The van der Waals surface area contributed by atoms with E-state index in [2.05, 4.69) is 11.9 Å². The summed E-state index contributed by atoms with van der Waals surface area (Å²) in [6.07, 6.45) is 5.81. The molecule has 2 unspecified atom stereocenters. The molecule has 3 heteroatoms. The zero-order valence-electron chi connectivity index (χ0n) is 7.94. The molecule has 1 aliphatic rings. The molecule has 1 fully saturated rings. The lowest BCUT2D eigenvalue weighted by Gasteiger charge is -2.35. The summed E-state index contributed by atoms with van der Waals surface area (Å²) in [6, 6.07) is 2.88. The molecule has 13 heavy (non-hydrogen) atoms. The van der Waals surface area contributed by atoms with Crippen LogP contribution in [0.15, 0.2) is 23.0 Å². The number of furan rings is 1. The number of piperidine rings is 1. The Morgan fingerprint density at radius 2 is 2.38 bits per heavy atom. The van der Waals surface area contributed by atoms with Gasteiger partial charge in [-0.05, 0) is 26.0 Å². The second-order valence-electron chi connectivity index (χ2n) is 3.85. The Kier molecular flexibility index (Phi) is 2.38. The van der Waals surface area contributed by atoms with E-state index in [0.29, 0.717) is 12.1 Å². The van der Waals surface area contributed by atoms with Crippen molar-refractivity contribution >= 4 is 0 Å². The summed E-state index contributed by atoms with van der Waals surface area (Å²) in [7, 11) is 2.12. The summed E-state index contributed by atoms with van der Waals surface area (Å²) in [5.74, 6) is 0. The van der Waals surface area contributed by atoms with Crippen LogP contribution in [0.4, 0.5) is 0 Å². The average molecular weight is 180 g/mol. The number of rotatable bonds is 1.